The molecule has 0 aromatic heterocycles. The Kier molecular flexibility index (Phi) is 5.09. The molecule has 0 aliphatic carbocycles. The molecule has 0 radical (unpaired) electrons. The average molecular weight is 257 g/mol. The van der Waals surface area contributed by atoms with Gasteiger partial charge in [0.1, 0.15) is 0 Å². The first kappa shape index (κ1) is 14.1. The molecule has 1 unspecified atom stereocenters. The Balaban J connectivity index is 2.89. The topological polar surface area (TPSA) is 58.3 Å². The van der Waals surface area contributed by atoms with Gasteiger partial charge in [0.2, 0.25) is 0 Å². The Hall–Kier alpha value is -0.930. The van der Waals surface area contributed by atoms with E-state index in [1.165, 1.54) is 0 Å². The lowest BCUT2D eigenvalue weighted by molar-refractivity contribution is 0.267. The van der Waals surface area contributed by atoms with Crippen molar-refractivity contribution < 1.29 is 5.11 Å². The van der Waals surface area contributed by atoms with Crippen LogP contribution in [0, 0.1) is 12.8 Å². The van der Waals surface area contributed by atoms with Crippen LogP contribution in [-0.2, 0) is 0 Å². The number of nitrogens with one attached hydrogen (secondary N) is 1. The molecule has 96 valence electrons. The number of anilines is 2. The Labute approximate surface area is 108 Å². The molecule has 17 heavy (non-hydrogen) atoms. The van der Waals surface area contributed by atoms with Gasteiger partial charge in [-0.1, -0.05) is 25.4 Å². The number of aliphatic hydroxyl groups excluding tert-OH is 1. The first-order chi connectivity index (χ1) is 7.95. The van der Waals surface area contributed by atoms with Crippen molar-refractivity contribution in [3.8, 4) is 0 Å². The van der Waals surface area contributed by atoms with Crippen LogP contribution < -0.4 is 11.1 Å². The average Bonchev–Trinajstić information content (AvgIpc) is 2.24. The maximum atomic E-state index is 9.05. The highest BCUT2D eigenvalue weighted by atomic mass is 35.5. The van der Waals surface area contributed by atoms with Gasteiger partial charge in [-0.05, 0) is 37.0 Å². The van der Waals surface area contributed by atoms with Crippen molar-refractivity contribution >= 4 is 23.0 Å². The zero-order valence-corrected chi connectivity index (χ0v) is 11.4. The summed E-state index contributed by atoms with van der Waals surface area (Å²) in [5.41, 5.74) is 8.38. The monoisotopic (exact) mass is 256 g/mol. The number of benzene rings is 1. The third-order valence-electron chi connectivity index (χ3n) is 2.93. The molecule has 1 aromatic rings. The molecule has 0 spiro atoms. The number of hydrogen-bond donors (Lipinski definition) is 3. The summed E-state index contributed by atoms with van der Waals surface area (Å²) in [7, 11) is 0. The summed E-state index contributed by atoms with van der Waals surface area (Å²) in [5, 5.41) is 13.0. The zero-order chi connectivity index (χ0) is 13.0. The van der Waals surface area contributed by atoms with Crippen LogP contribution in [0.5, 0.6) is 0 Å². The second-order valence-electron chi connectivity index (χ2n) is 4.70. The third-order valence-corrected chi connectivity index (χ3v) is 3.26. The molecule has 0 heterocycles. The molecule has 0 saturated carbocycles. The third kappa shape index (κ3) is 3.79. The van der Waals surface area contributed by atoms with Gasteiger partial charge in [0.25, 0.3) is 0 Å². The van der Waals surface area contributed by atoms with Crippen LogP contribution in [0.4, 0.5) is 11.4 Å². The lowest BCUT2D eigenvalue weighted by atomic mass is 10.0. The van der Waals surface area contributed by atoms with Crippen LogP contribution in [0.3, 0.4) is 0 Å². The van der Waals surface area contributed by atoms with E-state index in [9.17, 15) is 0 Å². The molecule has 4 heteroatoms. The SMILES string of the molecule is Cc1cc(N)c(Cl)cc1NC(CCO)C(C)C. The molecule has 0 amide bonds. The molecule has 0 fully saturated rings. The normalized spacial score (nSPS) is 12.8. The van der Waals surface area contributed by atoms with Crippen molar-refractivity contribution in [1.82, 2.24) is 0 Å². The van der Waals surface area contributed by atoms with Gasteiger partial charge in [-0.25, -0.2) is 0 Å². The highest BCUT2D eigenvalue weighted by molar-refractivity contribution is 6.33. The molecule has 1 atom stereocenters. The highest BCUT2D eigenvalue weighted by Crippen LogP contribution is 2.28. The molecule has 0 aliphatic rings. The number of rotatable bonds is 5. The molecular weight excluding hydrogens is 236 g/mol. The van der Waals surface area contributed by atoms with E-state index in [2.05, 4.69) is 19.2 Å². The number of aliphatic hydroxyl groups is 1. The van der Waals surface area contributed by atoms with E-state index in [4.69, 9.17) is 22.4 Å². The number of nitrogen functional groups attached to an aromatic ring is 1. The molecule has 0 bridgehead atoms. The van der Waals surface area contributed by atoms with Crippen LogP contribution in [0.15, 0.2) is 12.1 Å². The van der Waals surface area contributed by atoms with Crippen molar-refractivity contribution in [2.24, 2.45) is 5.92 Å². The van der Waals surface area contributed by atoms with E-state index >= 15 is 0 Å². The predicted octanol–water partition coefficient (Wildman–Crippen LogP) is 3.05. The van der Waals surface area contributed by atoms with Crippen LogP contribution in [-0.4, -0.2) is 17.8 Å². The van der Waals surface area contributed by atoms with E-state index in [1.54, 1.807) is 0 Å². The van der Waals surface area contributed by atoms with Gasteiger partial charge in [0.15, 0.2) is 0 Å². The van der Waals surface area contributed by atoms with Crippen LogP contribution in [0.1, 0.15) is 25.8 Å². The Morgan fingerprint density at radius 1 is 1.41 bits per heavy atom. The smallest absolute Gasteiger partial charge is 0.0656 e. The summed E-state index contributed by atoms with van der Waals surface area (Å²) in [4.78, 5) is 0. The van der Waals surface area contributed by atoms with Crippen LogP contribution in [0.25, 0.3) is 0 Å². The highest BCUT2D eigenvalue weighted by Gasteiger charge is 2.14. The molecule has 4 N–H and O–H groups in total. The first-order valence-corrected chi connectivity index (χ1v) is 6.26. The lowest BCUT2D eigenvalue weighted by Crippen LogP contribution is -2.27. The molecule has 0 saturated heterocycles. The fraction of sp³-hybridized carbons (Fsp3) is 0.538. The second-order valence-corrected chi connectivity index (χ2v) is 5.10. The Bertz CT molecular complexity index is 380. The molecule has 1 aromatic carbocycles. The van der Waals surface area contributed by atoms with Gasteiger partial charge < -0.3 is 16.2 Å². The largest absolute Gasteiger partial charge is 0.398 e. The van der Waals surface area contributed by atoms with Crippen molar-refractivity contribution in [2.45, 2.75) is 33.2 Å². The molecule has 0 aliphatic heterocycles. The fourth-order valence-electron chi connectivity index (χ4n) is 1.77. The maximum absolute atomic E-state index is 9.05. The Morgan fingerprint density at radius 3 is 2.59 bits per heavy atom. The standard InChI is InChI=1S/C13H21ClN2O/c1-8(2)12(4-5-17)16-13-7-10(14)11(15)6-9(13)3/h6-8,12,16-17H,4-5,15H2,1-3H3. The fourth-order valence-corrected chi connectivity index (χ4v) is 1.93. The van der Waals surface area contributed by atoms with Crippen molar-refractivity contribution in [3.63, 3.8) is 0 Å². The van der Waals surface area contributed by atoms with Crippen molar-refractivity contribution in [1.29, 1.82) is 0 Å². The van der Waals surface area contributed by atoms with Crippen LogP contribution in [0.2, 0.25) is 5.02 Å². The molecular formula is C13H21ClN2O. The quantitative estimate of drug-likeness (QED) is 0.710. The maximum Gasteiger partial charge on any atom is 0.0656 e. The van der Waals surface area contributed by atoms with E-state index in [1.807, 2.05) is 19.1 Å². The first-order valence-electron chi connectivity index (χ1n) is 5.88. The van der Waals surface area contributed by atoms with Gasteiger partial charge in [-0.3, -0.25) is 0 Å². The molecule has 3 nitrogen and oxygen atoms in total. The minimum absolute atomic E-state index is 0.178. The van der Waals surface area contributed by atoms with E-state index < -0.39 is 0 Å². The van der Waals surface area contributed by atoms with Crippen LogP contribution >= 0.6 is 11.6 Å². The summed E-state index contributed by atoms with van der Waals surface area (Å²) < 4.78 is 0. The minimum atomic E-state index is 0.178. The van der Waals surface area contributed by atoms with Crippen molar-refractivity contribution in [2.75, 3.05) is 17.7 Å². The van der Waals surface area contributed by atoms with Gasteiger partial charge in [-0.15, -0.1) is 0 Å². The van der Waals surface area contributed by atoms with E-state index in [-0.39, 0.29) is 12.6 Å². The van der Waals surface area contributed by atoms with Gasteiger partial charge in [0.05, 0.1) is 10.7 Å². The van der Waals surface area contributed by atoms with Gasteiger partial charge >= 0.3 is 0 Å². The minimum Gasteiger partial charge on any atom is -0.398 e. The molecule has 1 rings (SSSR count). The summed E-state index contributed by atoms with van der Waals surface area (Å²) >= 11 is 6.01. The predicted molar refractivity (Wildman–Crippen MR) is 74.6 cm³/mol. The number of aryl methyl sites for hydroxylation is 1. The zero-order valence-electron chi connectivity index (χ0n) is 10.6. The van der Waals surface area contributed by atoms with Gasteiger partial charge in [0, 0.05) is 18.3 Å². The summed E-state index contributed by atoms with van der Waals surface area (Å²) in [6.45, 7) is 6.42. The number of nitrogens with two attached hydrogens (primary N) is 1. The lowest BCUT2D eigenvalue weighted by Gasteiger charge is -2.24. The Morgan fingerprint density at radius 2 is 2.06 bits per heavy atom. The van der Waals surface area contributed by atoms with Crippen molar-refractivity contribution in [3.05, 3.63) is 22.7 Å². The van der Waals surface area contributed by atoms with E-state index in [0.29, 0.717) is 16.6 Å². The number of halogens is 1. The van der Waals surface area contributed by atoms with E-state index in [0.717, 1.165) is 17.7 Å². The summed E-state index contributed by atoms with van der Waals surface area (Å²) in [6, 6.07) is 3.94. The summed E-state index contributed by atoms with van der Waals surface area (Å²) in [5.74, 6) is 0.442. The number of hydrogen-bond acceptors (Lipinski definition) is 3. The summed E-state index contributed by atoms with van der Waals surface area (Å²) in [6.07, 6.45) is 0.721. The van der Waals surface area contributed by atoms with Gasteiger partial charge in [-0.2, -0.15) is 0 Å². The second kappa shape index (κ2) is 6.12.